The van der Waals surface area contributed by atoms with E-state index in [-0.39, 0.29) is 35.8 Å². The molecule has 240 valence electrons. The Morgan fingerprint density at radius 2 is 1.83 bits per heavy atom. The van der Waals surface area contributed by atoms with E-state index >= 15 is 0 Å². The lowest BCUT2D eigenvalue weighted by Crippen LogP contribution is -2.48. The average molecular weight is 697 g/mol. The second kappa shape index (κ2) is 13.0. The molecule has 6 rings (SSSR count). The Bertz CT molecular complexity index is 2020. The van der Waals surface area contributed by atoms with Crippen LogP contribution in [0.4, 0.5) is 5.82 Å². The van der Waals surface area contributed by atoms with Crippen molar-refractivity contribution in [3.8, 4) is 11.1 Å². The zero-order chi connectivity index (χ0) is 33.4. The number of imidazole rings is 1. The van der Waals surface area contributed by atoms with Crippen molar-refractivity contribution < 1.29 is 14.4 Å². The van der Waals surface area contributed by atoms with Crippen molar-refractivity contribution in [2.45, 2.75) is 59.3 Å². The van der Waals surface area contributed by atoms with Gasteiger partial charge in [0.2, 0.25) is 11.8 Å². The predicted molar refractivity (Wildman–Crippen MR) is 180 cm³/mol. The number of aromatic nitrogens is 7. The number of carbonyl (C=O) groups excluding carboxylic acids is 3. The van der Waals surface area contributed by atoms with E-state index in [0.29, 0.717) is 40.1 Å². The largest absolute Gasteiger partial charge is 0.337 e. The standard InChI is InChI=1S/C34H34BrN9O3/c1-6-27-24(16-42-15-20(3)38-18-42)12-29(34(47)40-33-19(2)7-10-30(35)39-33)44(27)31(46)17-43-28-9-8-23(25-13-36-22(5)37-14-25)11-26(28)32(41-43)21(4)45/h6-11,13-15,18,24,27,29H,1,12,16-17H2,2-5H3,(H,39,40,47)/t24-,27-,29+/m1/s1. The molecule has 47 heavy (non-hydrogen) atoms. The van der Waals surface area contributed by atoms with Crippen LogP contribution in [0.3, 0.4) is 0 Å². The number of ketones is 1. The number of hydrogen-bond acceptors (Lipinski definition) is 8. The molecule has 5 heterocycles. The highest BCUT2D eigenvalue weighted by molar-refractivity contribution is 9.10. The summed E-state index contributed by atoms with van der Waals surface area (Å²) in [7, 11) is 0. The second-order valence-corrected chi connectivity index (χ2v) is 12.7. The summed E-state index contributed by atoms with van der Waals surface area (Å²) in [6, 6.07) is 7.99. The summed E-state index contributed by atoms with van der Waals surface area (Å²) in [6.45, 7) is 11.5. The van der Waals surface area contributed by atoms with Crippen molar-refractivity contribution in [1.82, 2.24) is 39.2 Å². The fourth-order valence-electron chi connectivity index (χ4n) is 6.20. The van der Waals surface area contributed by atoms with Crippen molar-refractivity contribution in [2.24, 2.45) is 5.92 Å². The van der Waals surface area contributed by atoms with Crippen molar-refractivity contribution in [2.75, 3.05) is 5.32 Å². The summed E-state index contributed by atoms with van der Waals surface area (Å²) in [5, 5.41) is 8.14. The van der Waals surface area contributed by atoms with Crippen LogP contribution in [0, 0.1) is 26.7 Å². The first-order valence-corrected chi connectivity index (χ1v) is 16.0. The van der Waals surface area contributed by atoms with Gasteiger partial charge in [0.15, 0.2) is 5.78 Å². The highest BCUT2D eigenvalue weighted by Crippen LogP contribution is 2.34. The van der Waals surface area contributed by atoms with E-state index in [9.17, 15) is 14.4 Å². The highest BCUT2D eigenvalue weighted by atomic mass is 79.9. The first-order valence-electron chi connectivity index (χ1n) is 15.2. The number of pyridine rings is 1. The molecule has 0 unspecified atom stereocenters. The predicted octanol–water partition coefficient (Wildman–Crippen LogP) is 5.09. The van der Waals surface area contributed by atoms with Crippen LogP contribution in [0.15, 0.2) is 72.5 Å². The lowest BCUT2D eigenvalue weighted by atomic mass is 9.98. The number of nitrogens with zero attached hydrogens (tertiary/aromatic N) is 8. The monoisotopic (exact) mass is 695 g/mol. The summed E-state index contributed by atoms with van der Waals surface area (Å²) in [4.78, 5) is 59.9. The van der Waals surface area contributed by atoms with Gasteiger partial charge in [-0.05, 0) is 72.4 Å². The van der Waals surface area contributed by atoms with Crippen LogP contribution < -0.4 is 5.32 Å². The zero-order valence-corrected chi connectivity index (χ0v) is 28.1. The number of amides is 2. The van der Waals surface area contributed by atoms with Crippen LogP contribution in [0.1, 0.15) is 40.9 Å². The van der Waals surface area contributed by atoms with Crippen LogP contribution in [-0.2, 0) is 22.7 Å². The van der Waals surface area contributed by atoms with E-state index in [1.54, 1.807) is 35.8 Å². The third-order valence-corrected chi connectivity index (χ3v) is 8.94. The first-order chi connectivity index (χ1) is 22.5. The normalized spacial score (nSPS) is 17.6. The number of benzene rings is 1. The minimum atomic E-state index is -0.803. The van der Waals surface area contributed by atoms with Gasteiger partial charge in [-0.15, -0.1) is 6.58 Å². The lowest BCUT2D eigenvalue weighted by Gasteiger charge is -2.29. The first kappa shape index (κ1) is 31.9. The van der Waals surface area contributed by atoms with Crippen LogP contribution in [0.5, 0.6) is 0 Å². The van der Waals surface area contributed by atoms with Gasteiger partial charge in [-0.2, -0.15) is 5.10 Å². The van der Waals surface area contributed by atoms with Crippen LogP contribution >= 0.6 is 15.9 Å². The fourth-order valence-corrected chi connectivity index (χ4v) is 6.51. The zero-order valence-electron chi connectivity index (χ0n) is 26.5. The van der Waals surface area contributed by atoms with Crippen LogP contribution in [-0.4, -0.2) is 68.9 Å². The molecule has 13 heteroatoms. The Balaban J connectivity index is 1.34. The molecule has 0 radical (unpaired) electrons. The van der Waals surface area contributed by atoms with Crippen molar-refractivity contribution in [3.05, 3.63) is 95.3 Å². The van der Waals surface area contributed by atoms with E-state index in [1.165, 1.54) is 11.6 Å². The van der Waals surface area contributed by atoms with Crippen molar-refractivity contribution in [1.29, 1.82) is 0 Å². The van der Waals surface area contributed by atoms with E-state index in [1.807, 2.05) is 55.8 Å². The Kier molecular flexibility index (Phi) is 8.82. The van der Waals surface area contributed by atoms with Gasteiger partial charge in [0.25, 0.3) is 0 Å². The molecular weight excluding hydrogens is 662 g/mol. The molecule has 2 amide bonds. The molecule has 1 aliphatic rings. The molecule has 1 aromatic carbocycles. The maximum absolute atomic E-state index is 14.3. The Hall–Kier alpha value is -5.04. The van der Waals surface area contributed by atoms with Gasteiger partial charge in [-0.25, -0.2) is 19.9 Å². The topological polar surface area (TPSA) is 141 Å². The molecule has 0 bridgehead atoms. The number of anilines is 1. The van der Waals surface area contributed by atoms with Gasteiger partial charge in [0.1, 0.15) is 34.5 Å². The molecule has 0 spiro atoms. The Morgan fingerprint density at radius 1 is 1.06 bits per heavy atom. The fraction of sp³-hybridized carbons (Fsp3) is 0.294. The maximum Gasteiger partial charge on any atom is 0.248 e. The summed E-state index contributed by atoms with van der Waals surface area (Å²) < 4.78 is 4.09. The molecule has 0 saturated carbocycles. The van der Waals surface area contributed by atoms with E-state index < -0.39 is 12.1 Å². The number of hydrogen-bond donors (Lipinski definition) is 1. The molecule has 3 atom stereocenters. The van der Waals surface area contributed by atoms with E-state index in [2.05, 4.69) is 52.9 Å². The Labute approximate surface area is 280 Å². The highest BCUT2D eigenvalue weighted by Gasteiger charge is 2.46. The molecule has 12 nitrogen and oxygen atoms in total. The lowest BCUT2D eigenvalue weighted by molar-refractivity contribution is -0.138. The molecule has 1 fully saturated rings. The molecule has 0 aliphatic carbocycles. The molecular formula is C34H34BrN9O3. The SMILES string of the molecule is C=C[C@@H]1[C@@H](Cn2cnc(C)c2)C[C@@H](C(=O)Nc2nc(Br)ccc2C)N1C(=O)Cn1nc(C(C)=O)c2cc(-c3cnc(C)nc3)ccc21. The minimum absolute atomic E-state index is 0.112. The van der Waals surface area contributed by atoms with Gasteiger partial charge in [0.05, 0.1) is 23.6 Å². The molecule has 1 N–H and O–H groups in total. The van der Waals surface area contributed by atoms with Gasteiger partial charge in [0, 0.05) is 48.9 Å². The number of carbonyl (C=O) groups is 3. The summed E-state index contributed by atoms with van der Waals surface area (Å²) in [5.41, 5.74) is 4.16. The van der Waals surface area contributed by atoms with Gasteiger partial charge in [-0.1, -0.05) is 18.2 Å². The van der Waals surface area contributed by atoms with E-state index in [4.69, 9.17) is 0 Å². The number of fused-ring (bicyclic) bond motifs is 1. The third-order valence-electron chi connectivity index (χ3n) is 8.49. The van der Waals surface area contributed by atoms with Crippen LogP contribution in [0.25, 0.3) is 22.0 Å². The maximum atomic E-state index is 14.3. The summed E-state index contributed by atoms with van der Waals surface area (Å²) in [5.74, 6) is 0.0614. The minimum Gasteiger partial charge on any atom is -0.337 e. The van der Waals surface area contributed by atoms with Crippen molar-refractivity contribution >= 4 is 50.2 Å². The number of aryl methyl sites for hydroxylation is 3. The molecule has 4 aromatic heterocycles. The Morgan fingerprint density at radius 3 is 2.51 bits per heavy atom. The van der Waals surface area contributed by atoms with Crippen molar-refractivity contribution in [3.63, 3.8) is 0 Å². The number of halogens is 1. The smallest absolute Gasteiger partial charge is 0.248 e. The molecule has 1 saturated heterocycles. The number of Topliss-reactive ketones (excluding diaryl/α,β-unsaturated/α-hetero) is 1. The van der Waals surface area contributed by atoms with Gasteiger partial charge < -0.3 is 14.8 Å². The van der Waals surface area contributed by atoms with Gasteiger partial charge >= 0.3 is 0 Å². The number of nitrogens with one attached hydrogen (secondary N) is 1. The van der Waals surface area contributed by atoms with Gasteiger partial charge in [-0.3, -0.25) is 19.1 Å². The average Bonchev–Trinajstić information content (AvgIpc) is 3.74. The molecule has 1 aliphatic heterocycles. The third kappa shape index (κ3) is 6.48. The number of likely N-dealkylation sites (tertiary alicyclic amines) is 1. The quantitative estimate of drug-likeness (QED) is 0.128. The molecule has 5 aromatic rings. The number of rotatable bonds is 9. The summed E-state index contributed by atoms with van der Waals surface area (Å²) in [6.07, 6.45) is 9.27. The van der Waals surface area contributed by atoms with E-state index in [0.717, 1.165) is 22.4 Å². The van der Waals surface area contributed by atoms with Crippen LogP contribution in [0.2, 0.25) is 0 Å². The second-order valence-electron chi connectivity index (χ2n) is 11.9. The summed E-state index contributed by atoms with van der Waals surface area (Å²) >= 11 is 3.37.